The number of methoxy groups -OCH3 is 2. The van der Waals surface area contributed by atoms with Gasteiger partial charge < -0.3 is 47.8 Å². The Kier molecular flexibility index (Phi) is 17.2. The number of carbonyl (C=O) groups is 1. The van der Waals surface area contributed by atoms with Crippen LogP contribution in [0.5, 0.6) is 11.5 Å². The predicted octanol–water partition coefficient (Wildman–Crippen LogP) is 7.97. The average molecular weight is 759 g/mol. The Morgan fingerprint density at radius 1 is 0.830 bits per heavy atom. The van der Waals surface area contributed by atoms with Gasteiger partial charge in [-0.2, -0.15) is 0 Å². The molecule has 12 heteroatoms. The van der Waals surface area contributed by atoms with Crippen molar-refractivity contribution in [1.29, 1.82) is 0 Å². The van der Waals surface area contributed by atoms with E-state index in [1.807, 2.05) is 24.3 Å². The van der Waals surface area contributed by atoms with Gasteiger partial charge in [-0.05, 0) is 64.9 Å². The van der Waals surface area contributed by atoms with E-state index in [4.69, 9.17) is 32.8 Å². The number of hydrogen-bond acceptors (Lipinski definition) is 9. The first-order chi connectivity index (χ1) is 25.5. The van der Waals surface area contributed by atoms with Crippen molar-refractivity contribution < 1.29 is 42.7 Å². The van der Waals surface area contributed by atoms with Crippen LogP contribution >= 0.6 is 0 Å². The summed E-state index contributed by atoms with van der Waals surface area (Å²) in [5.41, 5.74) is 4.58. The van der Waals surface area contributed by atoms with Crippen LogP contribution in [0.2, 0.25) is 16.6 Å². The quantitative estimate of drug-likeness (QED) is 0.0939. The second-order valence-corrected chi connectivity index (χ2v) is 20.7. The van der Waals surface area contributed by atoms with Gasteiger partial charge in [0.05, 0.1) is 50.7 Å². The lowest BCUT2D eigenvalue weighted by Crippen LogP contribution is -2.54. The predicted molar refractivity (Wildman–Crippen MR) is 211 cm³/mol. The van der Waals surface area contributed by atoms with Crippen molar-refractivity contribution in [3.05, 3.63) is 53.6 Å². The number of hydrogen-bond donors (Lipinski definition) is 1. The summed E-state index contributed by atoms with van der Waals surface area (Å²) in [4.78, 5) is 16.2. The summed E-state index contributed by atoms with van der Waals surface area (Å²) in [5.74, 6) is 1.44. The van der Waals surface area contributed by atoms with Gasteiger partial charge in [-0.25, -0.2) is 4.79 Å². The first kappa shape index (κ1) is 42.9. The molecule has 2 aliphatic rings. The molecule has 1 amide bonds. The highest BCUT2D eigenvalue weighted by Crippen LogP contribution is 2.42. The highest BCUT2D eigenvalue weighted by Gasteiger charge is 2.45. The van der Waals surface area contributed by atoms with Gasteiger partial charge in [-0.3, -0.25) is 0 Å². The molecule has 2 aromatic rings. The number of nitrogens with zero attached hydrogens (tertiary/aromatic N) is 2. The molecule has 1 N–H and O–H groups in total. The van der Waals surface area contributed by atoms with Crippen molar-refractivity contribution in [2.75, 3.05) is 84.9 Å². The third-order valence-corrected chi connectivity index (χ3v) is 16.9. The second kappa shape index (κ2) is 21.3. The molecule has 0 radical (unpaired) electrons. The molecular weight excluding hydrogens is 693 g/mol. The molecule has 0 bridgehead atoms. The van der Waals surface area contributed by atoms with E-state index in [-0.39, 0.29) is 19.0 Å². The van der Waals surface area contributed by atoms with Crippen LogP contribution in [0.3, 0.4) is 0 Å². The van der Waals surface area contributed by atoms with Gasteiger partial charge in [-0.1, -0.05) is 59.7 Å². The first-order valence-corrected chi connectivity index (χ1v) is 21.7. The van der Waals surface area contributed by atoms with Gasteiger partial charge in [0.1, 0.15) is 18.1 Å². The zero-order valence-corrected chi connectivity index (χ0v) is 34.5. The molecule has 1 fully saturated rings. The number of benzene rings is 2. The SMILES string of the molecule is COCCCOc1ccc([C@@H]2[C@@H](OCc3ccc4c(c3)N(CCCOC)CCO4)CN(C(=O)O)C[C@H]2OCCCO[Si](C(C)C)(C(C)C)C(C)C)cc1. The van der Waals surface area contributed by atoms with Gasteiger partial charge in [0.15, 0.2) is 8.32 Å². The highest BCUT2D eigenvalue weighted by molar-refractivity contribution is 6.77. The molecular formula is C41H66N2O9Si. The normalized spacial score (nSPS) is 19.2. The molecule has 0 saturated carbocycles. The van der Waals surface area contributed by atoms with Crippen molar-refractivity contribution in [3.8, 4) is 11.5 Å². The summed E-state index contributed by atoms with van der Waals surface area (Å²) in [6.45, 7) is 19.9. The number of amides is 1. The molecule has 2 aromatic carbocycles. The van der Waals surface area contributed by atoms with E-state index in [9.17, 15) is 9.90 Å². The molecule has 4 rings (SSSR count). The summed E-state index contributed by atoms with van der Waals surface area (Å²) >= 11 is 0. The highest BCUT2D eigenvalue weighted by atomic mass is 28.4. The Bertz CT molecular complexity index is 1350. The van der Waals surface area contributed by atoms with Crippen molar-refractivity contribution >= 4 is 20.1 Å². The average Bonchev–Trinajstić information content (AvgIpc) is 3.13. The topological polar surface area (TPSA) is 108 Å². The van der Waals surface area contributed by atoms with E-state index in [1.165, 1.54) is 4.90 Å². The van der Waals surface area contributed by atoms with Gasteiger partial charge in [0.2, 0.25) is 0 Å². The maximum atomic E-state index is 12.5. The summed E-state index contributed by atoms with van der Waals surface area (Å²) < 4.78 is 42.5. The van der Waals surface area contributed by atoms with Crippen LogP contribution in [0, 0.1) is 0 Å². The van der Waals surface area contributed by atoms with E-state index < -0.39 is 26.6 Å². The maximum Gasteiger partial charge on any atom is 0.407 e. The van der Waals surface area contributed by atoms with Crippen molar-refractivity contribution in [3.63, 3.8) is 0 Å². The monoisotopic (exact) mass is 758 g/mol. The summed E-state index contributed by atoms with van der Waals surface area (Å²) in [5, 5.41) is 10.2. The third-order valence-electron chi connectivity index (χ3n) is 10.8. The van der Waals surface area contributed by atoms with Crippen LogP contribution in [0.25, 0.3) is 0 Å². The van der Waals surface area contributed by atoms with Crippen molar-refractivity contribution in [2.24, 2.45) is 0 Å². The second-order valence-electron chi connectivity index (χ2n) is 15.2. The fraction of sp³-hybridized carbons (Fsp3) is 0.683. The van der Waals surface area contributed by atoms with Crippen molar-refractivity contribution in [2.45, 2.75) is 102 Å². The number of fused-ring (bicyclic) bond motifs is 1. The largest absolute Gasteiger partial charge is 0.494 e. The number of anilines is 1. The van der Waals surface area contributed by atoms with Crippen LogP contribution in [-0.2, 0) is 30.0 Å². The Hall–Kier alpha value is -2.87. The lowest BCUT2D eigenvalue weighted by atomic mass is 9.84. The molecule has 2 heterocycles. The molecule has 298 valence electrons. The number of ether oxygens (including phenoxy) is 6. The summed E-state index contributed by atoms with van der Waals surface area (Å²) in [6, 6.07) is 14.2. The Morgan fingerprint density at radius 2 is 1.47 bits per heavy atom. The smallest absolute Gasteiger partial charge is 0.407 e. The molecule has 0 unspecified atom stereocenters. The van der Waals surface area contributed by atoms with Crippen LogP contribution in [0.1, 0.15) is 77.8 Å². The number of piperidine rings is 1. The summed E-state index contributed by atoms with van der Waals surface area (Å²) in [6.07, 6.45) is 0.626. The fourth-order valence-electron chi connectivity index (χ4n) is 8.34. The molecule has 0 spiro atoms. The van der Waals surface area contributed by atoms with E-state index in [1.54, 1.807) is 14.2 Å². The van der Waals surface area contributed by atoms with Crippen LogP contribution in [0.15, 0.2) is 42.5 Å². The zero-order valence-electron chi connectivity index (χ0n) is 33.5. The van der Waals surface area contributed by atoms with Crippen LogP contribution < -0.4 is 14.4 Å². The van der Waals surface area contributed by atoms with Crippen molar-refractivity contribution in [1.82, 2.24) is 4.90 Å². The maximum absolute atomic E-state index is 12.5. The standard InChI is InChI=1S/C41H66N2O9Si/c1-30(2)53(31(3)4,32(5)6)52-24-11-23-49-38-27-43(41(44)45)28-39(40(38)34-13-15-35(16-14-34)48-22-10-21-47-8)51-29-33-12-17-37-36(26-33)42(19-25-50-37)18-9-20-46-7/h12-17,26,30-32,38-40H,9-11,18-25,27-29H2,1-8H3,(H,44,45)/t38-,39+,40+/m1/s1. The zero-order chi connectivity index (χ0) is 38.4. The van der Waals surface area contributed by atoms with E-state index in [0.717, 1.165) is 60.7 Å². The number of likely N-dealkylation sites (tertiary alicyclic amines) is 1. The number of carboxylic acid groups (broad SMARTS) is 1. The molecule has 0 aliphatic carbocycles. The Morgan fingerprint density at radius 3 is 2.11 bits per heavy atom. The Balaban J connectivity index is 1.53. The first-order valence-electron chi connectivity index (χ1n) is 19.6. The molecule has 11 nitrogen and oxygen atoms in total. The van der Waals surface area contributed by atoms with Crippen LogP contribution in [-0.4, -0.2) is 117 Å². The minimum atomic E-state index is -2.00. The molecule has 1 saturated heterocycles. The Labute approximate surface area is 319 Å². The van der Waals surface area contributed by atoms with Gasteiger partial charge in [0.25, 0.3) is 0 Å². The minimum absolute atomic E-state index is 0.198. The third kappa shape index (κ3) is 11.6. The van der Waals surface area contributed by atoms with Crippen LogP contribution in [0.4, 0.5) is 10.5 Å². The van der Waals surface area contributed by atoms with E-state index >= 15 is 0 Å². The van der Waals surface area contributed by atoms with E-state index in [2.05, 4.69) is 64.6 Å². The molecule has 3 atom stereocenters. The van der Waals surface area contributed by atoms with Gasteiger partial charge >= 0.3 is 6.09 Å². The molecule has 53 heavy (non-hydrogen) atoms. The lowest BCUT2D eigenvalue weighted by Gasteiger charge is -2.43. The van der Waals surface area contributed by atoms with Gasteiger partial charge in [0, 0.05) is 59.5 Å². The molecule has 0 aromatic heterocycles. The number of rotatable bonds is 22. The van der Waals surface area contributed by atoms with Gasteiger partial charge in [-0.15, -0.1) is 0 Å². The fourth-order valence-corrected chi connectivity index (χ4v) is 13.8. The lowest BCUT2D eigenvalue weighted by molar-refractivity contribution is -0.0904. The minimum Gasteiger partial charge on any atom is -0.494 e. The molecule has 2 aliphatic heterocycles. The van der Waals surface area contributed by atoms with E-state index in [0.29, 0.717) is 62.9 Å². The summed E-state index contributed by atoms with van der Waals surface area (Å²) in [7, 11) is 1.41.